The van der Waals surface area contributed by atoms with Gasteiger partial charge in [0.25, 0.3) is 0 Å². The molecule has 0 amide bonds. The van der Waals surface area contributed by atoms with Crippen LogP contribution in [0.4, 0.5) is 0 Å². The molecule has 1 rings (SSSR count). The summed E-state index contributed by atoms with van der Waals surface area (Å²) in [6.45, 7) is 8.95. The molecule has 1 aromatic carbocycles. The van der Waals surface area contributed by atoms with Crippen LogP contribution in [0.15, 0.2) is 18.2 Å². The Morgan fingerprint density at radius 3 is 2.41 bits per heavy atom. The Morgan fingerprint density at radius 1 is 1.24 bits per heavy atom. The Morgan fingerprint density at radius 2 is 1.88 bits per heavy atom. The number of aryl methyl sites for hydroxylation is 2. The van der Waals surface area contributed by atoms with Crippen molar-refractivity contribution >= 4 is 0 Å². The molecule has 2 nitrogen and oxygen atoms in total. The summed E-state index contributed by atoms with van der Waals surface area (Å²) in [5, 5.41) is 10.3. The van der Waals surface area contributed by atoms with E-state index in [1.54, 1.807) is 0 Å². The number of aliphatic hydroxyl groups excluding tert-OH is 1. The van der Waals surface area contributed by atoms with Gasteiger partial charge >= 0.3 is 0 Å². The SMILES string of the molecule is Cc1ccc(C)c(CC(O)C(CN)C(C)C)c1. The predicted octanol–water partition coefficient (Wildman–Crippen LogP) is 2.44. The summed E-state index contributed by atoms with van der Waals surface area (Å²) in [7, 11) is 0. The van der Waals surface area contributed by atoms with E-state index in [0.717, 1.165) is 0 Å². The van der Waals surface area contributed by atoms with Crippen LogP contribution in [0.5, 0.6) is 0 Å². The van der Waals surface area contributed by atoms with E-state index in [2.05, 4.69) is 45.9 Å². The van der Waals surface area contributed by atoms with Crippen LogP contribution in [-0.2, 0) is 6.42 Å². The maximum absolute atomic E-state index is 10.3. The van der Waals surface area contributed by atoms with Gasteiger partial charge in [-0.15, -0.1) is 0 Å². The molecule has 0 heterocycles. The van der Waals surface area contributed by atoms with E-state index >= 15 is 0 Å². The molecule has 0 aliphatic heterocycles. The molecule has 96 valence electrons. The van der Waals surface area contributed by atoms with Gasteiger partial charge in [0, 0.05) is 0 Å². The van der Waals surface area contributed by atoms with Gasteiger partial charge in [0.05, 0.1) is 6.10 Å². The Labute approximate surface area is 105 Å². The van der Waals surface area contributed by atoms with Gasteiger partial charge in [-0.1, -0.05) is 37.6 Å². The highest BCUT2D eigenvalue weighted by Gasteiger charge is 2.21. The molecule has 0 radical (unpaired) electrons. The van der Waals surface area contributed by atoms with Gasteiger partial charge in [0.2, 0.25) is 0 Å². The third-order valence-electron chi connectivity index (χ3n) is 3.56. The van der Waals surface area contributed by atoms with Crippen LogP contribution in [0.2, 0.25) is 0 Å². The van der Waals surface area contributed by atoms with E-state index in [0.29, 0.717) is 18.9 Å². The van der Waals surface area contributed by atoms with Crippen LogP contribution in [0.25, 0.3) is 0 Å². The van der Waals surface area contributed by atoms with Crippen LogP contribution in [0, 0.1) is 25.7 Å². The average Bonchev–Trinajstić information content (AvgIpc) is 2.24. The highest BCUT2D eigenvalue weighted by atomic mass is 16.3. The van der Waals surface area contributed by atoms with Crippen molar-refractivity contribution in [1.29, 1.82) is 0 Å². The molecule has 0 aliphatic carbocycles. The quantitative estimate of drug-likeness (QED) is 0.823. The fourth-order valence-corrected chi connectivity index (χ4v) is 2.27. The first kappa shape index (κ1) is 14.2. The molecule has 2 atom stereocenters. The van der Waals surface area contributed by atoms with E-state index < -0.39 is 0 Å². The third kappa shape index (κ3) is 3.83. The minimum atomic E-state index is -0.347. The standard InChI is InChI=1S/C15H25NO/c1-10(2)14(9-16)15(17)8-13-7-11(3)5-6-12(13)4/h5-7,10,14-15,17H,8-9,16H2,1-4H3. The van der Waals surface area contributed by atoms with Gasteiger partial charge in [-0.2, -0.15) is 0 Å². The molecule has 0 saturated carbocycles. The molecule has 0 bridgehead atoms. The topological polar surface area (TPSA) is 46.2 Å². The van der Waals surface area contributed by atoms with Crippen LogP contribution >= 0.6 is 0 Å². The van der Waals surface area contributed by atoms with Crippen molar-refractivity contribution < 1.29 is 5.11 Å². The number of hydrogen-bond acceptors (Lipinski definition) is 2. The Bertz CT molecular complexity index is 360. The molecule has 0 spiro atoms. The molecular weight excluding hydrogens is 210 g/mol. The molecule has 0 saturated heterocycles. The van der Waals surface area contributed by atoms with E-state index in [1.807, 2.05) is 0 Å². The number of aliphatic hydroxyl groups is 1. The van der Waals surface area contributed by atoms with Crippen LogP contribution in [-0.4, -0.2) is 17.8 Å². The van der Waals surface area contributed by atoms with Gasteiger partial charge in [-0.25, -0.2) is 0 Å². The Hall–Kier alpha value is -0.860. The van der Waals surface area contributed by atoms with E-state index in [4.69, 9.17) is 5.73 Å². The molecular formula is C15H25NO. The van der Waals surface area contributed by atoms with Gasteiger partial charge in [-0.3, -0.25) is 0 Å². The second kappa shape index (κ2) is 6.18. The van der Waals surface area contributed by atoms with Crippen molar-refractivity contribution in [2.24, 2.45) is 17.6 Å². The molecule has 0 aliphatic rings. The van der Waals surface area contributed by atoms with Gasteiger partial charge in [-0.05, 0) is 49.8 Å². The summed E-state index contributed by atoms with van der Waals surface area (Å²) in [4.78, 5) is 0. The number of benzene rings is 1. The molecule has 2 heteroatoms. The Kier molecular flexibility index (Phi) is 5.16. The van der Waals surface area contributed by atoms with E-state index in [-0.39, 0.29) is 12.0 Å². The minimum absolute atomic E-state index is 0.176. The zero-order valence-electron chi connectivity index (χ0n) is 11.4. The smallest absolute Gasteiger partial charge is 0.0623 e. The van der Waals surface area contributed by atoms with Gasteiger partial charge in [0.1, 0.15) is 0 Å². The summed E-state index contributed by atoms with van der Waals surface area (Å²) in [6.07, 6.45) is 0.355. The van der Waals surface area contributed by atoms with Crippen molar-refractivity contribution in [3.63, 3.8) is 0 Å². The number of nitrogens with two attached hydrogens (primary N) is 1. The summed E-state index contributed by atoms with van der Waals surface area (Å²) in [5.41, 5.74) is 9.46. The van der Waals surface area contributed by atoms with E-state index in [1.165, 1.54) is 16.7 Å². The zero-order valence-corrected chi connectivity index (χ0v) is 11.4. The summed E-state index contributed by atoms with van der Waals surface area (Å²) in [5.74, 6) is 0.593. The lowest BCUT2D eigenvalue weighted by Gasteiger charge is -2.25. The number of rotatable bonds is 5. The lowest BCUT2D eigenvalue weighted by Crippen LogP contribution is -2.33. The predicted molar refractivity (Wildman–Crippen MR) is 73.0 cm³/mol. The van der Waals surface area contributed by atoms with Gasteiger partial charge in [0.15, 0.2) is 0 Å². The van der Waals surface area contributed by atoms with Crippen molar-refractivity contribution in [3.05, 3.63) is 34.9 Å². The monoisotopic (exact) mass is 235 g/mol. The highest BCUT2D eigenvalue weighted by Crippen LogP contribution is 2.20. The first-order chi connectivity index (χ1) is 7.95. The van der Waals surface area contributed by atoms with Crippen molar-refractivity contribution in [2.45, 2.75) is 40.2 Å². The fraction of sp³-hybridized carbons (Fsp3) is 0.600. The summed E-state index contributed by atoms with van der Waals surface area (Å²) in [6, 6.07) is 6.38. The molecule has 2 unspecified atom stereocenters. The number of hydrogen-bond donors (Lipinski definition) is 2. The maximum atomic E-state index is 10.3. The first-order valence-electron chi connectivity index (χ1n) is 6.40. The van der Waals surface area contributed by atoms with Crippen molar-refractivity contribution in [2.75, 3.05) is 6.54 Å². The van der Waals surface area contributed by atoms with E-state index in [9.17, 15) is 5.11 Å². The molecule has 1 aromatic rings. The fourth-order valence-electron chi connectivity index (χ4n) is 2.27. The van der Waals surface area contributed by atoms with Crippen LogP contribution in [0.3, 0.4) is 0 Å². The third-order valence-corrected chi connectivity index (χ3v) is 3.56. The largest absolute Gasteiger partial charge is 0.392 e. The average molecular weight is 235 g/mol. The summed E-state index contributed by atoms with van der Waals surface area (Å²) >= 11 is 0. The highest BCUT2D eigenvalue weighted by molar-refractivity contribution is 5.31. The van der Waals surface area contributed by atoms with Gasteiger partial charge < -0.3 is 10.8 Å². The molecule has 0 fully saturated rings. The van der Waals surface area contributed by atoms with Crippen LogP contribution < -0.4 is 5.73 Å². The second-order valence-corrected chi connectivity index (χ2v) is 5.34. The zero-order chi connectivity index (χ0) is 13.0. The minimum Gasteiger partial charge on any atom is -0.392 e. The maximum Gasteiger partial charge on any atom is 0.0623 e. The second-order valence-electron chi connectivity index (χ2n) is 5.34. The lowest BCUT2D eigenvalue weighted by atomic mass is 9.86. The lowest BCUT2D eigenvalue weighted by molar-refractivity contribution is 0.0862. The Balaban J connectivity index is 2.79. The summed E-state index contributed by atoms with van der Waals surface area (Å²) < 4.78 is 0. The molecule has 0 aromatic heterocycles. The van der Waals surface area contributed by atoms with Crippen molar-refractivity contribution in [1.82, 2.24) is 0 Å². The van der Waals surface area contributed by atoms with Crippen molar-refractivity contribution in [3.8, 4) is 0 Å². The molecule has 17 heavy (non-hydrogen) atoms. The molecule has 3 N–H and O–H groups in total. The normalized spacial score (nSPS) is 15.0. The van der Waals surface area contributed by atoms with Crippen LogP contribution in [0.1, 0.15) is 30.5 Å². The first-order valence-corrected chi connectivity index (χ1v) is 6.40.